The third-order valence-corrected chi connectivity index (χ3v) is 4.82. The first-order valence-electron chi connectivity index (χ1n) is 9.10. The summed E-state index contributed by atoms with van der Waals surface area (Å²) in [7, 11) is 1.72. The van der Waals surface area contributed by atoms with Gasteiger partial charge in [0.05, 0.1) is 12.1 Å². The third-order valence-electron chi connectivity index (χ3n) is 4.82. The van der Waals surface area contributed by atoms with Crippen LogP contribution in [-0.2, 0) is 13.1 Å². The van der Waals surface area contributed by atoms with Crippen molar-refractivity contribution in [2.24, 2.45) is 4.99 Å². The first kappa shape index (κ1) is 21.0. The lowest BCUT2D eigenvalue weighted by molar-refractivity contribution is 0.534. The number of benzene rings is 2. The van der Waals surface area contributed by atoms with Crippen LogP contribution in [0.1, 0.15) is 16.9 Å². The Morgan fingerprint density at radius 2 is 1.86 bits per heavy atom. The van der Waals surface area contributed by atoms with Crippen molar-refractivity contribution in [3.8, 4) is 0 Å². The van der Waals surface area contributed by atoms with E-state index in [1.54, 1.807) is 13.1 Å². The van der Waals surface area contributed by atoms with Crippen molar-refractivity contribution in [2.75, 3.05) is 7.05 Å². The van der Waals surface area contributed by atoms with Gasteiger partial charge in [-0.05, 0) is 42.8 Å². The molecular weight excluding hydrogens is 482 g/mol. The molecule has 0 saturated heterocycles. The van der Waals surface area contributed by atoms with Crippen LogP contribution in [0.4, 0.5) is 4.39 Å². The van der Waals surface area contributed by atoms with Gasteiger partial charge in [0.1, 0.15) is 17.2 Å². The normalized spacial score (nSPS) is 11.5. The average molecular weight is 504 g/mol. The average Bonchev–Trinajstić information content (AvgIpc) is 3.03. The van der Waals surface area contributed by atoms with Crippen LogP contribution in [0.2, 0.25) is 0 Å². The Morgan fingerprint density at radius 1 is 1.07 bits per heavy atom. The molecule has 150 valence electrons. The van der Waals surface area contributed by atoms with Crippen LogP contribution in [0.25, 0.3) is 21.9 Å². The van der Waals surface area contributed by atoms with Crippen molar-refractivity contribution in [1.29, 1.82) is 0 Å². The number of nitrogens with one attached hydrogen (secondary N) is 2. The molecule has 2 N–H and O–H groups in total. The van der Waals surface area contributed by atoms with Gasteiger partial charge in [0.2, 0.25) is 0 Å². The molecule has 0 atom stereocenters. The number of hydrogen-bond acceptors (Lipinski definition) is 3. The lowest BCUT2D eigenvalue weighted by Gasteiger charge is -2.12. The second-order valence-corrected chi connectivity index (χ2v) is 6.56. The van der Waals surface area contributed by atoms with Crippen molar-refractivity contribution in [3.05, 3.63) is 77.4 Å². The zero-order chi connectivity index (χ0) is 19.5. The molecule has 2 aromatic carbocycles. The predicted octanol–water partition coefficient (Wildman–Crippen LogP) is 4.91. The molecule has 0 aliphatic carbocycles. The van der Waals surface area contributed by atoms with Gasteiger partial charge in [-0.25, -0.2) is 4.39 Å². The Labute approximate surface area is 185 Å². The van der Waals surface area contributed by atoms with Crippen LogP contribution in [0.3, 0.4) is 0 Å². The van der Waals surface area contributed by atoms with Gasteiger partial charge in [-0.15, -0.1) is 24.0 Å². The minimum Gasteiger partial charge on any atom is -0.459 e. The molecule has 2 aromatic heterocycles. The minimum absolute atomic E-state index is 0. The number of nitrogens with zero attached hydrogens (tertiary/aromatic N) is 2. The van der Waals surface area contributed by atoms with Crippen molar-refractivity contribution in [1.82, 2.24) is 15.6 Å². The number of hydrogen-bond donors (Lipinski definition) is 2. The lowest BCUT2D eigenvalue weighted by Crippen LogP contribution is -2.36. The number of furan rings is 1. The second-order valence-electron chi connectivity index (χ2n) is 6.56. The quantitative estimate of drug-likeness (QED) is 0.236. The van der Waals surface area contributed by atoms with E-state index in [-0.39, 0.29) is 29.8 Å². The van der Waals surface area contributed by atoms with Crippen LogP contribution in [0.15, 0.2) is 64.1 Å². The van der Waals surface area contributed by atoms with E-state index in [4.69, 9.17) is 4.42 Å². The first-order valence-corrected chi connectivity index (χ1v) is 9.10. The van der Waals surface area contributed by atoms with Crippen LogP contribution in [0, 0.1) is 12.7 Å². The Kier molecular flexibility index (Phi) is 6.68. The number of halogens is 2. The van der Waals surface area contributed by atoms with E-state index in [0.29, 0.717) is 24.6 Å². The highest BCUT2D eigenvalue weighted by molar-refractivity contribution is 14.0. The molecule has 0 saturated carbocycles. The van der Waals surface area contributed by atoms with E-state index in [0.717, 1.165) is 33.2 Å². The number of pyridine rings is 1. The first-order chi connectivity index (χ1) is 13.7. The van der Waals surface area contributed by atoms with Gasteiger partial charge in [0, 0.05) is 36.1 Å². The maximum Gasteiger partial charge on any atom is 0.191 e. The SMILES string of the molecule is CN=C(NCc1oc2ccc(F)cc2c1C)NCc1ccnc2ccccc12.I. The number of aromatic nitrogens is 1. The summed E-state index contributed by atoms with van der Waals surface area (Å²) in [4.78, 5) is 8.66. The van der Waals surface area contributed by atoms with Gasteiger partial charge in [-0.2, -0.15) is 0 Å². The molecule has 0 radical (unpaired) electrons. The van der Waals surface area contributed by atoms with E-state index in [9.17, 15) is 4.39 Å². The highest BCUT2D eigenvalue weighted by Crippen LogP contribution is 2.25. The fourth-order valence-corrected chi connectivity index (χ4v) is 3.29. The predicted molar refractivity (Wildman–Crippen MR) is 125 cm³/mol. The van der Waals surface area contributed by atoms with E-state index >= 15 is 0 Å². The third kappa shape index (κ3) is 4.50. The smallest absolute Gasteiger partial charge is 0.191 e. The molecule has 7 heteroatoms. The van der Waals surface area contributed by atoms with E-state index in [1.165, 1.54) is 12.1 Å². The molecule has 0 bridgehead atoms. The van der Waals surface area contributed by atoms with Crippen molar-refractivity contribution < 1.29 is 8.81 Å². The van der Waals surface area contributed by atoms with E-state index in [2.05, 4.69) is 26.7 Å². The number of aryl methyl sites for hydroxylation is 1. The summed E-state index contributed by atoms with van der Waals surface area (Å²) in [6.07, 6.45) is 1.81. The molecule has 4 aromatic rings. The number of rotatable bonds is 4. The Morgan fingerprint density at radius 3 is 2.69 bits per heavy atom. The molecule has 0 fully saturated rings. The van der Waals surface area contributed by atoms with Gasteiger partial charge >= 0.3 is 0 Å². The second kappa shape index (κ2) is 9.21. The van der Waals surface area contributed by atoms with Gasteiger partial charge in [-0.1, -0.05) is 18.2 Å². The van der Waals surface area contributed by atoms with E-state index < -0.39 is 0 Å². The fourth-order valence-electron chi connectivity index (χ4n) is 3.29. The lowest BCUT2D eigenvalue weighted by atomic mass is 10.1. The van der Waals surface area contributed by atoms with Crippen molar-refractivity contribution in [2.45, 2.75) is 20.0 Å². The number of fused-ring (bicyclic) bond motifs is 2. The highest BCUT2D eigenvalue weighted by atomic mass is 127. The summed E-state index contributed by atoms with van der Waals surface area (Å²) in [6, 6.07) is 14.6. The van der Waals surface area contributed by atoms with Gasteiger partial charge in [-0.3, -0.25) is 9.98 Å². The molecule has 29 heavy (non-hydrogen) atoms. The van der Waals surface area contributed by atoms with Gasteiger partial charge in [0.15, 0.2) is 5.96 Å². The molecule has 2 heterocycles. The molecule has 5 nitrogen and oxygen atoms in total. The molecule has 0 aliphatic heterocycles. The summed E-state index contributed by atoms with van der Waals surface area (Å²) in [5.41, 5.74) is 3.72. The zero-order valence-corrected chi connectivity index (χ0v) is 18.5. The summed E-state index contributed by atoms with van der Waals surface area (Å²) in [5.74, 6) is 1.16. The van der Waals surface area contributed by atoms with Gasteiger partial charge < -0.3 is 15.1 Å². The summed E-state index contributed by atoms with van der Waals surface area (Å²) in [5, 5.41) is 8.48. The van der Waals surface area contributed by atoms with Crippen LogP contribution < -0.4 is 10.6 Å². The Balaban J connectivity index is 0.00000240. The highest BCUT2D eigenvalue weighted by Gasteiger charge is 2.12. The fraction of sp³-hybridized carbons (Fsp3) is 0.182. The molecule has 0 unspecified atom stereocenters. The topological polar surface area (TPSA) is 62.5 Å². The van der Waals surface area contributed by atoms with Crippen LogP contribution in [0.5, 0.6) is 0 Å². The maximum atomic E-state index is 13.5. The summed E-state index contributed by atoms with van der Waals surface area (Å²) < 4.78 is 19.3. The Bertz CT molecular complexity index is 1170. The molecule has 0 amide bonds. The zero-order valence-electron chi connectivity index (χ0n) is 16.2. The molecule has 0 spiro atoms. The van der Waals surface area contributed by atoms with Crippen molar-refractivity contribution >= 4 is 51.8 Å². The summed E-state index contributed by atoms with van der Waals surface area (Å²) in [6.45, 7) is 3.01. The van der Waals surface area contributed by atoms with Crippen LogP contribution >= 0.6 is 24.0 Å². The molecule has 0 aliphatic rings. The molecule has 4 rings (SSSR count). The number of para-hydroxylation sites is 1. The Hall–Kier alpha value is -2.68. The standard InChI is InChI=1S/C22H21FN4O.HI/c1-14-18-11-16(23)7-8-20(18)28-21(14)13-27-22(24-2)26-12-15-9-10-25-19-6-4-3-5-17(15)19;/h3-11H,12-13H2,1-2H3,(H2,24,26,27);1H. The monoisotopic (exact) mass is 504 g/mol. The minimum atomic E-state index is -0.266. The molecular formula is C22H22FIN4O. The van der Waals surface area contributed by atoms with Crippen LogP contribution in [-0.4, -0.2) is 18.0 Å². The van der Waals surface area contributed by atoms with Crippen molar-refractivity contribution in [3.63, 3.8) is 0 Å². The van der Waals surface area contributed by atoms with E-state index in [1.807, 2.05) is 37.4 Å². The largest absolute Gasteiger partial charge is 0.459 e. The number of aliphatic imine (C=N–C) groups is 1. The number of guanidine groups is 1. The summed E-state index contributed by atoms with van der Waals surface area (Å²) >= 11 is 0. The maximum absolute atomic E-state index is 13.5. The van der Waals surface area contributed by atoms with Gasteiger partial charge in [0.25, 0.3) is 0 Å².